The molecule has 3 nitrogen and oxygen atoms in total. The first-order valence-electron chi connectivity index (χ1n) is 8.33. The Morgan fingerprint density at radius 1 is 1.29 bits per heavy atom. The standard InChI is InChI=1S/C18H30N2O/c1-5-16-7-9-17(10-8-16)18(19-6-2)15(4)20-11-12-21-14(3)13-20/h7-10,14-15,18-19H,5-6,11-13H2,1-4H3. The zero-order valence-electron chi connectivity index (χ0n) is 13.9. The Balaban J connectivity index is 2.12. The molecule has 118 valence electrons. The molecule has 0 radical (unpaired) electrons. The molecule has 1 aliphatic rings. The molecule has 3 heteroatoms. The number of nitrogens with one attached hydrogen (secondary N) is 1. The number of benzene rings is 1. The van der Waals surface area contributed by atoms with Crippen LogP contribution in [0.3, 0.4) is 0 Å². The monoisotopic (exact) mass is 290 g/mol. The smallest absolute Gasteiger partial charge is 0.0674 e. The molecule has 21 heavy (non-hydrogen) atoms. The van der Waals surface area contributed by atoms with Crippen LogP contribution in [0, 0.1) is 0 Å². The Bertz CT molecular complexity index is 418. The number of hydrogen-bond donors (Lipinski definition) is 1. The van der Waals surface area contributed by atoms with E-state index in [4.69, 9.17) is 4.74 Å². The third kappa shape index (κ3) is 4.29. The summed E-state index contributed by atoms with van der Waals surface area (Å²) < 4.78 is 5.67. The highest BCUT2D eigenvalue weighted by atomic mass is 16.5. The van der Waals surface area contributed by atoms with E-state index in [9.17, 15) is 0 Å². The van der Waals surface area contributed by atoms with Gasteiger partial charge in [-0.25, -0.2) is 0 Å². The fraction of sp³-hybridized carbons (Fsp3) is 0.667. The Morgan fingerprint density at radius 3 is 2.57 bits per heavy atom. The van der Waals surface area contributed by atoms with Gasteiger partial charge in [-0.05, 0) is 37.9 Å². The van der Waals surface area contributed by atoms with Crippen molar-refractivity contribution in [3.63, 3.8) is 0 Å². The molecule has 0 saturated carbocycles. The van der Waals surface area contributed by atoms with Gasteiger partial charge >= 0.3 is 0 Å². The number of morpholine rings is 1. The molecular weight excluding hydrogens is 260 g/mol. The molecule has 1 saturated heterocycles. The molecule has 1 heterocycles. The minimum Gasteiger partial charge on any atom is -0.376 e. The van der Waals surface area contributed by atoms with Crippen LogP contribution in [0.5, 0.6) is 0 Å². The van der Waals surface area contributed by atoms with E-state index in [1.165, 1.54) is 11.1 Å². The average molecular weight is 290 g/mol. The van der Waals surface area contributed by atoms with Crippen LogP contribution in [0.15, 0.2) is 24.3 Å². The number of aryl methyl sites for hydroxylation is 1. The summed E-state index contributed by atoms with van der Waals surface area (Å²) in [5.74, 6) is 0. The SMILES string of the molecule is CCNC(c1ccc(CC)cc1)C(C)N1CCOC(C)C1. The molecule has 1 aromatic rings. The average Bonchev–Trinajstić information content (AvgIpc) is 2.52. The highest BCUT2D eigenvalue weighted by molar-refractivity contribution is 5.26. The van der Waals surface area contributed by atoms with E-state index < -0.39 is 0 Å². The lowest BCUT2D eigenvalue weighted by Gasteiger charge is -2.39. The van der Waals surface area contributed by atoms with Gasteiger partial charge < -0.3 is 10.1 Å². The van der Waals surface area contributed by atoms with Gasteiger partial charge in [-0.15, -0.1) is 0 Å². The Hall–Kier alpha value is -0.900. The lowest BCUT2D eigenvalue weighted by atomic mass is 9.97. The van der Waals surface area contributed by atoms with E-state index in [0.29, 0.717) is 18.2 Å². The second-order valence-electron chi connectivity index (χ2n) is 6.05. The third-order valence-electron chi connectivity index (χ3n) is 4.50. The van der Waals surface area contributed by atoms with Crippen molar-refractivity contribution >= 4 is 0 Å². The lowest BCUT2D eigenvalue weighted by Crippen LogP contribution is -2.50. The van der Waals surface area contributed by atoms with Crippen LogP contribution in [0.2, 0.25) is 0 Å². The summed E-state index contributed by atoms with van der Waals surface area (Å²) in [7, 11) is 0. The van der Waals surface area contributed by atoms with Crippen LogP contribution in [-0.4, -0.2) is 43.3 Å². The van der Waals surface area contributed by atoms with Crippen molar-refractivity contribution in [2.45, 2.75) is 52.3 Å². The first-order chi connectivity index (χ1) is 10.2. The lowest BCUT2D eigenvalue weighted by molar-refractivity contribution is -0.0368. The number of likely N-dealkylation sites (N-methyl/N-ethyl adjacent to an activating group) is 1. The highest BCUT2D eigenvalue weighted by Gasteiger charge is 2.27. The number of hydrogen-bond acceptors (Lipinski definition) is 3. The third-order valence-corrected chi connectivity index (χ3v) is 4.50. The molecular formula is C18H30N2O. The summed E-state index contributed by atoms with van der Waals surface area (Å²) in [6.07, 6.45) is 1.44. The molecule has 0 spiro atoms. The molecule has 0 aromatic heterocycles. The van der Waals surface area contributed by atoms with Gasteiger partial charge in [0, 0.05) is 25.2 Å². The van der Waals surface area contributed by atoms with Gasteiger partial charge in [-0.3, -0.25) is 4.90 Å². The van der Waals surface area contributed by atoms with Crippen molar-refractivity contribution in [3.05, 3.63) is 35.4 Å². The molecule has 3 unspecified atom stereocenters. The van der Waals surface area contributed by atoms with Gasteiger partial charge in [0.25, 0.3) is 0 Å². The minimum absolute atomic E-state index is 0.339. The highest BCUT2D eigenvalue weighted by Crippen LogP contribution is 2.23. The van der Waals surface area contributed by atoms with E-state index >= 15 is 0 Å². The Morgan fingerprint density at radius 2 is 2.00 bits per heavy atom. The van der Waals surface area contributed by atoms with E-state index in [1.807, 2.05) is 0 Å². The minimum atomic E-state index is 0.339. The van der Waals surface area contributed by atoms with Gasteiger partial charge in [-0.2, -0.15) is 0 Å². The fourth-order valence-electron chi connectivity index (χ4n) is 3.17. The van der Waals surface area contributed by atoms with E-state index in [0.717, 1.165) is 32.7 Å². The molecule has 3 atom stereocenters. The predicted molar refractivity (Wildman–Crippen MR) is 88.7 cm³/mol. The Kier molecular flexibility index (Phi) is 6.22. The van der Waals surface area contributed by atoms with Crippen molar-refractivity contribution < 1.29 is 4.74 Å². The molecule has 2 rings (SSSR count). The van der Waals surface area contributed by atoms with Gasteiger partial charge in [-0.1, -0.05) is 38.1 Å². The van der Waals surface area contributed by atoms with Crippen molar-refractivity contribution in [3.8, 4) is 0 Å². The first kappa shape index (κ1) is 16.5. The molecule has 0 aliphatic carbocycles. The Labute approximate surface area is 129 Å². The number of rotatable bonds is 6. The van der Waals surface area contributed by atoms with Gasteiger partial charge in [0.15, 0.2) is 0 Å². The van der Waals surface area contributed by atoms with Gasteiger partial charge in [0.2, 0.25) is 0 Å². The van der Waals surface area contributed by atoms with Gasteiger partial charge in [0.1, 0.15) is 0 Å². The number of nitrogens with zero attached hydrogens (tertiary/aromatic N) is 1. The fourth-order valence-corrected chi connectivity index (χ4v) is 3.17. The molecule has 1 N–H and O–H groups in total. The van der Waals surface area contributed by atoms with Crippen LogP contribution in [-0.2, 0) is 11.2 Å². The van der Waals surface area contributed by atoms with Gasteiger partial charge in [0.05, 0.1) is 12.7 Å². The van der Waals surface area contributed by atoms with Crippen molar-refractivity contribution in [2.24, 2.45) is 0 Å². The molecule has 1 aliphatic heterocycles. The maximum atomic E-state index is 5.67. The van der Waals surface area contributed by atoms with Crippen molar-refractivity contribution in [2.75, 3.05) is 26.2 Å². The molecule has 1 aromatic carbocycles. The number of ether oxygens (including phenoxy) is 1. The van der Waals surface area contributed by atoms with E-state index in [-0.39, 0.29) is 0 Å². The van der Waals surface area contributed by atoms with Crippen LogP contribution in [0.4, 0.5) is 0 Å². The van der Waals surface area contributed by atoms with Crippen molar-refractivity contribution in [1.29, 1.82) is 0 Å². The van der Waals surface area contributed by atoms with E-state index in [2.05, 4.69) is 62.2 Å². The quantitative estimate of drug-likeness (QED) is 0.871. The zero-order chi connectivity index (χ0) is 15.2. The molecule has 0 bridgehead atoms. The largest absolute Gasteiger partial charge is 0.376 e. The van der Waals surface area contributed by atoms with Crippen molar-refractivity contribution in [1.82, 2.24) is 10.2 Å². The van der Waals surface area contributed by atoms with E-state index in [1.54, 1.807) is 0 Å². The maximum Gasteiger partial charge on any atom is 0.0674 e. The van der Waals surface area contributed by atoms with Crippen LogP contribution in [0.25, 0.3) is 0 Å². The summed E-state index contributed by atoms with van der Waals surface area (Å²) in [6.45, 7) is 12.8. The topological polar surface area (TPSA) is 24.5 Å². The predicted octanol–water partition coefficient (Wildman–Crippen LogP) is 3.01. The summed E-state index contributed by atoms with van der Waals surface area (Å²) in [6, 6.07) is 9.94. The van der Waals surface area contributed by atoms with Crippen LogP contribution >= 0.6 is 0 Å². The molecule has 1 fully saturated rings. The normalized spacial score (nSPS) is 23.0. The summed E-state index contributed by atoms with van der Waals surface area (Å²) in [4.78, 5) is 2.55. The summed E-state index contributed by atoms with van der Waals surface area (Å²) >= 11 is 0. The second kappa shape index (κ2) is 7.92. The summed E-state index contributed by atoms with van der Waals surface area (Å²) in [5.41, 5.74) is 2.79. The maximum absolute atomic E-state index is 5.67. The van der Waals surface area contributed by atoms with Crippen LogP contribution < -0.4 is 5.32 Å². The molecule has 0 amide bonds. The second-order valence-corrected chi connectivity index (χ2v) is 6.05. The van der Waals surface area contributed by atoms with Crippen LogP contribution in [0.1, 0.15) is 44.9 Å². The summed E-state index contributed by atoms with van der Waals surface area (Å²) in [5, 5.41) is 3.67. The first-order valence-corrected chi connectivity index (χ1v) is 8.33. The zero-order valence-corrected chi connectivity index (χ0v) is 13.9.